The molecule has 3 rings (SSSR count). The van der Waals surface area contributed by atoms with Crippen molar-refractivity contribution in [1.82, 2.24) is 9.88 Å². The summed E-state index contributed by atoms with van der Waals surface area (Å²) in [5.41, 5.74) is 3.33. The second-order valence-electron chi connectivity index (χ2n) is 5.83. The van der Waals surface area contributed by atoms with E-state index in [1.165, 1.54) is 10.5 Å². The molecule has 1 aromatic heterocycles. The van der Waals surface area contributed by atoms with Gasteiger partial charge in [-0.1, -0.05) is 18.2 Å². The topological polar surface area (TPSA) is 82.6 Å². The summed E-state index contributed by atoms with van der Waals surface area (Å²) < 4.78 is 5.17. The highest BCUT2D eigenvalue weighted by molar-refractivity contribution is 5.87. The van der Waals surface area contributed by atoms with Crippen LogP contribution >= 0.6 is 0 Å². The number of morpholine rings is 1. The van der Waals surface area contributed by atoms with Crippen LogP contribution in [0.1, 0.15) is 17.5 Å². The van der Waals surface area contributed by atoms with E-state index in [0.717, 1.165) is 16.5 Å². The molecule has 2 N–H and O–H groups in total. The summed E-state index contributed by atoms with van der Waals surface area (Å²) in [6.07, 6.45) is 2.82. The van der Waals surface area contributed by atoms with Crippen molar-refractivity contribution in [3.8, 4) is 0 Å². The predicted octanol–water partition coefficient (Wildman–Crippen LogP) is 1.72. The van der Waals surface area contributed by atoms with Gasteiger partial charge >= 0.3 is 5.97 Å². The van der Waals surface area contributed by atoms with Gasteiger partial charge in [-0.15, -0.1) is 0 Å². The third kappa shape index (κ3) is 3.07. The van der Waals surface area contributed by atoms with Gasteiger partial charge in [0.2, 0.25) is 5.91 Å². The average molecular weight is 316 g/mol. The van der Waals surface area contributed by atoms with Crippen molar-refractivity contribution in [2.75, 3.05) is 19.8 Å². The van der Waals surface area contributed by atoms with Gasteiger partial charge in [0.1, 0.15) is 0 Å². The molecule has 2 aromatic rings. The number of nitrogens with one attached hydrogen (secondary N) is 1. The number of carboxylic acids is 1. The lowest BCUT2D eigenvalue weighted by atomic mass is 10.1. The van der Waals surface area contributed by atoms with Crippen LogP contribution in [0.4, 0.5) is 0 Å². The minimum absolute atomic E-state index is 0.0629. The van der Waals surface area contributed by atoms with E-state index in [0.29, 0.717) is 26.0 Å². The zero-order chi connectivity index (χ0) is 16.4. The van der Waals surface area contributed by atoms with Gasteiger partial charge in [0.15, 0.2) is 6.04 Å². The molecule has 1 atom stereocenters. The standard InChI is InChI=1S/C17H20N2O4/c1-11-3-2-4-13-12(9-18-16(11)13)5-6-15(20)19-7-8-23-10-14(19)17(21)22/h2-4,9,14,18H,5-8,10H2,1H3,(H,21,22). The number of carbonyl (C=O) groups excluding carboxylic acids is 1. The Bertz CT molecular complexity index is 737. The SMILES string of the molecule is Cc1cccc2c(CCC(=O)N3CCOCC3C(=O)O)c[nH]c12. The number of aryl methyl sites for hydroxylation is 2. The molecule has 1 saturated heterocycles. The number of aromatic nitrogens is 1. The highest BCUT2D eigenvalue weighted by atomic mass is 16.5. The van der Waals surface area contributed by atoms with Crippen LogP contribution < -0.4 is 0 Å². The molecule has 6 heteroatoms. The van der Waals surface area contributed by atoms with E-state index in [4.69, 9.17) is 4.74 Å². The molecular formula is C17H20N2O4. The number of nitrogens with zero attached hydrogens (tertiary/aromatic N) is 1. The first-order chi connectivity index (χ1) is 11.1. The summed E-state index contributed by atoms with van der Waals surface area (Å²) in [6.45, 7) is 2.83. The maximum atomic E-state index is 12.4. The molecule has 23 heavy (non-hydrogen) atoms. The molecule has 1 aliphatic rings. The minimum atomic E-state index is -1.01. The quantitative estimate of drug-likeness (QED) is 0.900. The number of rotatable bonds is 4. The molecule has 0 saturated carbocycles. The number of fused-ring (bicyclic) bond motifs is 1. The van der Waals surface area contributed by atoms with E-state index in [1.54, 1.807) is 0 Å². The number of aromatic amines is 1. The molecule has 1 unspecified atom stereocenters. The third-order valence-electron chi connectivity index (χ3n) is 4.35. The summed E-state index contributed by atoms with van der Waals surface area (Å²) in [6, 6.07) is 5.20. The number of carboxylic acid groups (broad SMARTS) is 1. The molecule has 0 bridgehead atoms. The number of hydrogen-bond donors (Lipinski definition) is 2. The van der Waals surface area contributed by atoms with Gasteiger partial charge in [-0.25, -0.2) is 4.79 Å². The number of carbonyl (C=O) groups is 2. The zero-order valence-electron chi connectivity index (χ0n) is 13.0. The lowest BCUT2D eigenvalue weighted by molar-refractivity contribution is -0.158. The van der Waals surface area contributed by atoms with Gasteiger partial charge in [0.25, 0.3) is 0 Å². The van der Waals surface area contributed by atoms with Crippen molar-refractivity contribution in [3.63, 3.8) is 0 Å². The Hall–Kier alpha value is -2.34. The van der Waals surface area contributed by atoms with Crippen LogP contribution in [0, 0.1) is 6.92 Å². The van der Waals surface area contributed by atoms with Crippen molar-refractivity contribution >= 4 is 22.8 Å². The van der Waals surface area contributed by atoms with E-state index >= 15 is 0 Å². The zero-order valence-corrected chi connectivity index (χ0v) is 13.0. The van der Waals surface area contributed by atoms with Crippen LogP contribution in [-0.4, -0.2) is 52.7 Å². The van der Waals surface area contributed by atoms with Crippen LogP contribution in [-0.2, 0) is 20.7 Å². The first-order valence-electron chi connectivity index (χ1n) is 7.73. The number of hydrogen-bond acceptors (Lipinski definition) is 3. The second-order valence-corrected chi connectivity index (χ2v) is 5.83. The molecule has 1 aliphatic heterocycles. The highest BCUT2D eigenvalue weighted by Crippen LogP contribution is 2.22. The largest absolute Gasteiger partial charge is 0.480 e. The monoisotopic (exact) mass is 316 g/mol. The number of H-pyrrole nitrogens is 1. The van der Waals surface area contributed by atoms with E-state index in [9.17, 15) is 14.7 Å². The summed E-state index contributed by atoms with van der Waals surface area (Å²) in [7, 11) is 0. The molecular weight excluding hydrogens is 296 g/mol. The lowest BCUT2D eigenvalue weighted by Gasteiger charge is -2.32. The number of aliphatic carboxylic acids is 1. The van der Waals surface area contributed by atoms with Crippen LogP contribution in [0.3, 0.4) is 0 Å². The minimum Gasteiger partial charge on any atom is -0.480 e. The van der Waals surface area contributed by atoms with Crippen molar-refractivity contribution in [2.45, 2.75) is 25.8 Å². The maximum absolute atomic E-state index is 12.4. The Morgan fingerprint density at radius 1 is 1.43 bits per heavy atom. The van der Waals surface area contributed by atoms with Crippen LogP contribution in [0.2, 0.25) is 0 Å². The molecule has 0 spiro atoms. The van der Waals surface area contributed by atoms with E-state index < -0.39 is 12.0 Å². The normalized spacial score (nSPS) is 18.3. The second kappa shape index (κ2) is 6.42. The highest BCUT2D eigenvalue weighted by Gasteiger charge is 2.32. The smallest absolute Gasteiger partial charge is 0.328 e. The number of amides is 1. The van der Waals surface area contributed by atoms with E-state index in [-0.39, 0.29) is 12.5 Å². The van der Waals surface area contributed by atoms with Gasteiger partial charge < -0.3 is 19.7 Å². The Kier molecular flexibility index (Phi) is 4.34. The Morgan fingerprint density at radius 2 is 2.26 bits per heavy atom. The third-order valence-corrected chi connectivity index (χ3v) is 4.35. The van der Waals surface area contributed by atoms with Gasteiger partial charge in [-0.05, 0) is 24.5 Å². The Morgan fingerprint density at radius 3 is 3.04 bits per heavy atom. The molecule has 1 aromatic carbocycles. The van der Waals surface area contributed by atoms with Crippen LogP contribution in [0.15, 0.2) is 24.4 Å². The lowest BCUT2D eigenvalue weighted by Crippen LogP contribution is -2.52. The number of benzene rings is 1. The molecule has 0 radical (unpaired) electrons. The first-order valence-corrected chi connectivity index (χ1v) is 7.73. The van der Waals surface area contributed by atoms with E-state index in [1.807, 2.05) is 31.3 Å². The fraction of sp³-hybridized carbons (Fsp3) is 0.412. The number of ether oxygens (including phenoxy) is 1. The van der Waals surface area contributed by atoms with Crippen molar-refractivity contribution in [1.29, 1.82) is 0 Å². The van der Waals surface area contributed by atoms with Gasteiger partial charge in [-0.2, -0.15) is 0 Å². The van der Waals surface area contributed by atoms with Crippen molar-refractivity contribution in [2.24, 2.45) is 0 Å². The summed E-state index contributed by atoms with van der Waals surface area (Å²) in [4.78, 5) is 28.3. The van der Waals surface area contributed by atoms with Gasteiger partial charge in [0, 0.05) is 30.1 Å². The fourth-order valence-corrected chi connectivity index (χ4v) is 3.06. The maximum Gasteiger partial charge on any atom is 0.328 e. The molecule has 0 aliphatic carbocycles. The summed E-state index contributed by atoms with van der Waals surface area (Å²) in [5.74, 6) is -1.15. The van der Waals surface area contributed by atoms with Crippen LogP contribution in [0.5, 0.6) is 0 Å². The van der Waals surface area contributed by atoms with E-state index in [2.05, 4.69) is 4.98 Å². The fourth-order valence-electron chi connectivity index (χ4n) is 3.06. The van der Waals surface area contributed by atoms with Crippen molar-refractivity contribution < 1.29 is 19.4 Å². The number of para-hydroxylation sites is 1. The van der Waals surface area contributed by atoms with Gasteiger partial charge in [0.05, 0.1) is 13.2 Å². The first kappa shape index (κ1) is 15.6. The Balaban J connectivity index is 1.70. The molecule has 1 fully saturated rings. The average Bonchev–Trinajstić information content (AvgIpc) is 2.97. The summed E-state index contributed by atoms with van der Waals surface area (Å²) in [5, 5.41) is 10.3. The summed E-state index contributed by atoms with van der Waals surface area (Å²) >= 11 is 0. The van der Waals surface area contributed by atoms with Gasteiger partial charge in [-0.3, -0.25) is 4.79 Å². The molecule has 6 nitrogen and oxygen atoms in total. The predicted molar refractivity (Wildman–Crippen MR) is 85.3 cm³/mol. The Labute approximate surface area is 134 Å². The molecule has 2 heterocycles. The van der Waals surface area contributed by atoms with Crippen molar-refractivity contribution in [3.05, 3.63) is 35.5 Å². The molecule has 1 amide bonds. The molecule has 122 valence electrons. The van der Waals surface area contributed by atoms with Crippen LogP contribution in [0.25, 0.3) is 10.9 Å².